The zero-order chi connectivity index (χ0) is 23.9. The zero-order valence-corrected chi connectivity index (χ0v) is 20.2. The van der Waals surface area contributed by atoms with Crippen LogP contribution in [0, 0.1) is 5.92 Å². The molecule has 1 unspecified atom stereocenters. The topological polar surface area (TPSA) is 109 Å². The molecule has 0 aliphatic carbocycles. The Morgan fingerprint density at radius 2 is 1.94 bits per heavy atom. The van der Waals surface area contributed by atoms with Gasteiger partial charge in [-0.25, -0.2) is 8.42 Å². The van der Waals surface area contributed by atoms with Crippen molar-refractivity contribution in [3.05, 3.63) is 53.4 Å². The zero-order valence-electron chi connectivity index (χ0n) is 18.6. The van der Waals surface area contributed by atoms with Gasteiger partial charge in [-0.3, -0.25) is 4.79 Å². The van der Waals surface area contributed by atoms with Gasteiger partial charge < -0.3 is 20.1 Å². The maximum Gasteiger partial charge on any atom is 0.233 e. The van der Waals surface area contributed by atoms with Crippen molar-refractivity contribution < 1.29 is 23.1 Å². The van der Waals surface area contributed by atoms with E-state index in [0.29, 0.717) is 42.1 Å². The maximum atomic E-state index is 13.4. The van der Waals surface area contributed by atoms with Gasteiger partial charge in [-0.1, -0.05) is 18.2 Å². The second-order valence-corrected chi connectivity index (χ2v) is 11.3. The van der Waals surface area contributed by atoms with E-state index in [0.717, 1.165) is 29.7 Å². The number of aromatic nitrogens is 1. The normalized spacial score (nSPS) is 18.1. The van der Waals surface area contributed by atoms with E-state index in [1.54, 1.807) is 30.3 Å². The molecule has 2 aliphatic rings. The lowest BCUT2D eigenvalue weighted by molar-refractivity contribution is -0.118. The van der Waals surface area contributed by atoms with Crippen molar-refractivity contribution in [1.29, 1.82) is 0 Å². The van der Waals surface area contributed by atoms with Crippen LogP contribution in [0.3, 0.4) is 0 Å². The lowest BCUT2D eigenvalue weighted by Crippen LogP contribution is -2.27. The first kappa shape index (κ1) is 22.8. The van der Waals surface area contributed by atoms with Crippen molar-refractivity contribution in [2.45, 2.75) is 35.0 Å². The minimum absolute atomic E-state index is 0.138. The second kappa shape index (κ2) is 9.01. The molecule has 2 N–H and O–H groups in total. The van der Waals surface area contributed by atoms with Gasteiger partial charge >= 0.3 is 0 Å². The van der Waals surface area contributed by atoms with E-state index in [1.807, 2.05) is 24.1 Å². The van der Waals surface area contributed by atoms with Crippen LogP contribution in [0.1, 0.15) is 30.7 Å². The van der Waals surface area contributed by atoms with Crippen LogP contribution in [0.5, 0.6) is 5.88 Å². The van der Waals surface area contributed by atoms with Gasteiger partial charge in [-0.05, 0) is 55.0 Å². The Balaban J connectivity index is 1.53. The number of hydrogen-bond donors (Lipinski definition) is 2. The Kier molecular flexibility index (Phi) is 6.05. The molecule has 3 heterocycles. The molecule has 0 bridgehead atoms. The third-order valence-corrected chi connectivity index (χ3v) is 9.09. The van der Waals surface area contributed by atoms with E-state index in [2.05, 4.69) is 10.3 Å². The third-order valence-electron chi connectivity index (χ3n) is 6.50. The number of thiazole rings is 1. The number of nitrogens with zero attached hydrogens (tertiary/aromatic N) is 2. The number of hydrogen-bond acceptors (Lipinski definition) is 8. The van der Waals surface area contributed by atoms with Gasteiger partial charge in [-0.15, -0.1) is 11.3 Å². The summed E-state index contributed by atoms with van der Waals surface area (Å²) >= 11 is 1.15. The molecule has 5 rings (SSSR count). The molecular formula is C24H25N3O5S2. The van der Waals surface area contributed by atoms with Gasteiger partial charge in [0, 0.05) is 20.3 Å². The molecular weight excluding hydrogens is 474 g/mol. The van der Waals surface area contributed by atoms with E-state index in [9.17, 15) is 18.3 Å². The SMILES string of the molecule is CN1c2ccccc2S(=O)(=O)c2ccc(C(CC3CCOCC3)C(=O)Nc3nc(O)cs3)cc21. The Labute approximate surface area is 202 Å². The molecule has 0 radical (unpaired) electrons. The second-order valence-electron chi connectivity index (χ2n) is 8.60. The molecule has 178 valence electrons. The largest absolute Gasteiger partial charge is 0.493 e. The number of aromatic hydroxyl groups is 1. The number of carbonyl (C=O) groups is 1. The van der Waals surface area contributed by atoms with Gasteiger partial charge in [0.1, 0.15) is 0 Å². The fourth-order valence-corrected chi connectivity index (χ4v) is 6.94. The highest BCUT2D eigenvalue weighted by Crippen LogP contribution is 2.44. The summed E-state index contributed by atoms with van der Waals surface area (Å²) in [4.78, 5) is 19.7. The van der Waals surface area contributed by atoms with E-state index >= 15 is 0 Å². The van der Waals surface area contributed by atoms with Crippen LogP contribution in [-0.4, -0.2) is 44.7 Å². The molecule has 1 amide bonds. The first-order valence-electron chi connectivity index (χ1n) is 11.1. The number of sulfone groups is 1. The molecule has 10 heteroatoms. The standard InChI is InChI=1S/C24H25N3O5S2/c1-27-18-4-2-3-5-20(18)34(30,31)21-7-6-16(13-19(21)27)17(12-15-8-10-32-11-9-15)23(29)26-24-25-22(28)14-33-24/h2-7,13-15,17,28H,8-12H2,1H3,(H,25,26,29). The highest BCUT2D eigenvalue weighted by atomic mass is 32.2. The fourth-order valence-electron chi connectivity index (χ4n) is 4.68. The highest BCUT2D eigenvalue weighted by molar-refractivity contribution is 7.92. The minimum atomic E-state index is -3.66. The summed E-state index contributed by atoms with van der Waals surface area (Å²) in [6, 6.07) is 12.1. The summed E-state index contributed by atoms with van der Waals surface area (Å²) in [5, 5.41) is 14.1. The number of fused-ring (bicyclic) bond motifs is 2. The average molecular weight is 500 g/mol. The number of ether oxygens (including phenoxy) is 1. The predicted octanol–water partition coefficient (Wildman–Crippen LogP) is 4.30. The first-order chi connectivity index (χ1) is 16.3. The molecule has 3 aromatic rings. The van der Waals surface area contributed by atoms with Crippen molar-refractivity contribution in [1.82, 2.24) is 4.98 Å². The number of para-hydroxylation sites is 1. The molecule has 0 spiro atoms. The molecule has 1 atom stereocenters. The van der Waals surface area contributed by atoms with Crippen LogP contribution in [-0.2, 0) is 19.4 Å². The van der Waals surface area contributed by atoms with Crippen molar-refractivity contribution in [2.24, 2.45) is 5.92 Å². The summed E-state index contributed by atoms with van der Waals surface area (Å²) in [6.07, 6.45) is 2.35. The molecule has 0 saturated carbocycles. The molecule has 8 nitrogen and oxygen atoms in total. The lowest BCUT2D eigenvalue weighted by Gasteiger charge is -2.31. The van der Waals surface area contributed by atoms with Gasteiger partial charge in [-0.2, -0.15) is 4.98 Å². The average Bonchev–Trinajstić information content (AvgIpc) is 3.26. The van der Waals surface area contributed by atoms with Crippen LogP contribution in [0.2, 0.25) is 0 Å². The van der Waals surface area contributed by atoms with Crippen LogP contribution in [0.4, 0.5) is 16.5 Å². The number of anilines is 3. The van der Waals surface area contributed by atoms with E-state index in [4.69, 9.17) is 4.74 Å². The summed E-state index contributed by atoms with van der Waals surface area (Å²) in [6.45, 7) is 1.34. The molecule has 1 fully saturated rings. The smallest absolute Gasteiger partial charge is 0.233 e. The van der Waals surface area contributed by atoms with Crippen molar-refractivity contribution >= 4 is 43.6 Å². The summed E-state index contributed by atoms with van der Waals surface area (Å²) in [7, 11) is -1.83. The van der Waals surface area contributed by atoms with Gasteiger partial charge in [0.2, 0.25) is 21.6 Å². The van der Waals surface area contributed by atoms with Gasteiger partial charge in [0.05, 0.1) is 32.5 Å². The summed E-state index contributed by atoms with van der Waals surface area (Å²) in [5.74, 6) is -0.566. The predicted molar refractivity (Wildman–Crippen MR) is 130 cm³/mol. The van der Waals surface area contributed by atoms with E-state index in [-0.39, 0.29) is 21.6 Å². The van der Waals surface area contributed by atoms with Crippen molar-refractivity contribution in [2.75, 3.05) is 30.5 Å². The van der Waals surface area contributed by atoms with Crippen LogP contribution in [0.25, 0.3) is 0 Å². The quantitative estimate of drug-likeness (QED) is 0.539. The van der Waals surface area contributed by atoms with Crippen LogP contribution >= 0.6 is 11.3 Å². The lowest BCUT2D eigenvalue weighted by atomic mass is 9.84. The molecule has 1 saturated heterocycles. The summed E-state index contributed by atoms with van der Waals surface area (Å²) < 4.78 is 32.0. The van der Waals surface area contributed by atoms with Gasteiger partial charge in [0.25, 0.3) is 0 Å². The number of rotatable bonds is 5. The fraction of sp³-hybridized carbons (Fsp3) is 0.333. The summed E-state index contributed by atoms with van der Waals surface area (Å²) in [5.41, 5.74) is 1.90. The maximum absolute atomic E-state index is 13.4. The molecule has 1 aromatic heterocycles. The number of amides is 1. The van der Waals surface area contributed by atoms with Crippen molar-refractivity contribution in [3.8, 4) is 5.88 Å². The Hall–Kier alpha value is -2.95. The van der Waals surface area contributed by atoms with Crippen molar-refractivity contribution in [3.63, 3.8) is 0 Å². The Morgan fingerprint density at radius 3 is 2.68 bits per heavy atom. The van der Waals surface area contributed by atoms with E-state index in [1.165, 1.54) is 5.38 Å². The van der Waals surface area contributed by atoms with E-state index < -0.39 is 15.8 Å². The first-order valence-corrected chi connectivity index (χ1v) is 13.5. The third kappa shape index (κ3) is 4.17. The van der Waals surface area contributed by atoms with Gasteiger partial charge in [0.15, 0.2) is 5.13 Å². The Morgan fingerprint density at radius 1 is 1.21 bits per heavy atom. The van der Waals surface area contributed by atoms with Crippen LogP contribution < -0.4 is 10.2 Å². The number of carbonyl (C=O) groups excluding carboxylic acids is 1. The minimum Gasteiger partial charge on any atom is -0.493 e. The monoisotopic (exact) mass is 499 g/mol. The van der Waals surface area contributed by atoms with Crippen LogP contribution in [0.15, 0.2) is 57.6 Å². The molecule has 2 aliphatic heterocycles. The molecule has 2 aromatic carbocycles. The number of benzene rings is 2. The Bertz CT molecular complexity index is 1330. The highest BCUT2D eigenvalue weighted by Gasteiger charge is 2.34. The number of nitrogens with one attached hydrogen (secondary N) is 1. The molecule has 34 heavy (non-hydrogen) atoms.